The smallest absolute Gasteiger partial charge is 0.481 e. The number of carbonyl (C=O) groups excluding carboxylic acids is 1. The number of carboxylic acids is 1. The number of carbonyl (C=O) groups is 2. The van der Waals surface area contributed by atoms with Gasteiger partial charge in [0, 0.05) is 45.7 Å². The fourth-order valence-corrected chi connectivity index (χ4v) is 6.32. The highest BCUT2D eigenvalue weighted by atomic mass is 35.5. The fraction of sp³-hybridized carbons (Fsp3) is 0.786. The van der Waals surface area contributed by atoms with E-state index in [4.69, 9.17) is 36.5 Å². The largest absolute Gasteiger partial charge is 0.500 e. The second kappa shape index (κ2) is 20.0. The minimum atomic E-state index is -2.70. The molecule has 0 radical (unpaired) electrons. The number of carboxylic acid groups (broad SMARTS) is 1. The van der Waals surface area contributed by atoms with Gasteiger partial charge in [-0.05, 0) is 56.8 Å². The standard InChI is InChI=1S/C28H51Cl2NO6Si/c1-8-14-22(16-17-25(30)24(29)15-11-10-12-18-28(3,4)9-2)23(27(33)34)21-26(32)31-19-13-20-38(35-5,36-6)37-7/h8,10,12,14,22-25H,9,11,13,15-21H2,1-7H3,(H,31,32)(H,33,34)/b12-10+,14-8+. The summed E-state index contributed by atoms with van der Waals surface area (Å²) in [5, 5.41) is 12.2. The number of allylic oxidation sites excluding steroid dienone is 4. The van der Waals surface area contributed by atoms with Crippen LogP contribution in [0.1, 0.15) is 79.1 Å². The summed E-state index contributed by atoms with van der Waals surface area (Å²) in [6, 6.07) is 0.545. The Morgan fingerprint density at radius 3 is 2.16 bits per heavy atom. The van der Waals surface area contributed by atoms with E-state index in [9.17, 15) is 14.7 Å². The molecule has 1 amide bonds. The van der Waals surface area contributed by atoms with Crippen LogP contribution in [-0.2, 0) is 22.9 Å². The highest BCUT2D eigenvalue weighted by molar-refractivity contribution is 6.60. The molecule has 4 unspecified atom stereocenters. The third kappa shape index (κ3) is 15.0. The highest BCUT2D eigenvalue weighted by Gasteiger charge is 2.37. The van der Waals surface area contributed by atoms with E-state index >= 15 is 0 Å². The quantitative estimate of drug-likeness (QED) is 0.0617. The highest BCUT2D eigenvalue weighted by Crippen LogP contribution is 2.29. The van der Waals surface area contributed by atoms with Gasteiger partial charge in [-0.15, -0.1) is 23.2 Å². The number of halogens is 2. The lowest BCUT2D eigenvalue weighted by atomic mass is 9.84. The summed E-state index contributed by atoms with van der Waals surface area (Å²) in [6.07, 6.45) is 13.4. The molecule has 0 aromatic carbocycles. The van der Waals surface area contributed by atoms with Crippen molar-refractivity contribution >= 4 is 43.9 Å². The van der Waals surface area contributed by atoms with Crippen LogP contribution in [0.15, 0.2) is 24.3 Å². The van der Waals surface area contributed by atoms with E-state index in [1.165, 1.54) is 0 Å². The Balaban J connectivity index is 4.80. The minimum absolute atomic E-state index is 0.109. The average Bonchev–Trinajstić information content (AvgIpc) is 2.89. The number of alkyl halides is 2. The summed E-state index contributed by atoms with van der Waals surface area (Å²) in [5.41, 5.74) is 0.302. The van der Waals surface area contributed by atoms with Crippen LogP contribution >= 0.6 is 23.2 Å². The number of aliphatic carboxylic acids is 1. The SMILES string of the molecule is C/C=C/C(CCC(Cl)C(Cl)CC/C=C/CC(C)(C)CC)C(CC(=O)NCCC[Si](OC)(OC)OC)C(=O)O. The molecular formula is C28H51Cl2NO6Si. The normalized spacial score (nSPS) is 16.0. The molecule has 38 heavy (non-hydrogen) atoms. The maximum atomic E-state index is 12.6. The number of rotatable bonds is 22. The molecule has 0 spiro atoms. The summed E-state index contributed by atoms with van der Waals surface area (Å²) < 4.78 is 16.1. The Morgan fingerprint density at radius 1 is 1.03 bits per heavy atom. The van der Waals surface area contributed by atoms with Crippen LogP contribution in [0.3, 0.4) is 0 Å². The maximum Gasteiger partial charge on any atom is 0.500 e. The Labute approximate surface area is 242 Å². The summed E-state index contributed by atoms with van der Waals surface area (Å²) in [7, 11) is 1.92. The van der Waals surface area contributed by atoms with E-state index in [1.54, 1.807) is 21.3 Å². The van der Waals surface area contributed by atoms with E-state index in [2.05, 4.69) is 38.2 Å². The summed E-state index contributed by atoms with van der Waals surface area (Å²) in [5.74, 6) is -2.47. The van der Waals surface area contributed by atoms with Gasteiger partial charge in [0.25, 0.3) is 0 Å². The minimum Gasteiger partial charge on any atom is -0.481 e. The van der Waals surface area contributed by atoms with Crippen molar-refractivity contribution in [2.45, 2.75) is 95.9 Å². The molecule has 0 fully saturated rings. The van der Waals surface area contributed by atoms with Gasteiger partial charge in [-0.3, -0.25) is 9.59 Å². The molecule has 0 aromatic heterocycles. The Kier molecular flexibility index (Phi) is 19.6. The van der Waals surface area contributed by atoms with Crippen molar-refractivity contribution in [2.24, 2.45) is 17.3 Å². The molecule has 0 aliphatic rings. The van der Waals surface area contributed by atoms with Gasteiger partial charge in [0.1, 0.15) is 0 Å². The predicted octanol–water partition coefficient (Wildman–Crippen LogP) is 6.81. The summed E-state index contributed by atoms with van der Waals surface area (Å²) in [4.78, 5) is 24.6. The van der Waals surface area contributed by atoms with Gasteiger partial charge in [-0.1, -0.05) is 51.5 Å². The molecular weight excluding hydrogens is 545 g/mol. The predicted molar refractivity (Wildman–Crippen MR) is 159 cm³/mol. The fourth-order valence-electron chi connectivity index (χ4n) is 4.09. The average molecular weight is 597 g/mol. The first-order valence-corrected chi connectivity index (χ1v) is 16.4. The monoisotopic (exact) mass is 595 g/mol. The number of hydrogen-bond donors (Lipinski definition) is 2. The van der Waals surface area contributed by atoms with Crippen LogP contribution in [0.25, 0.3) is 0 Å². The molecule has 0 heterocycles. The Hall–Kier alpha value is -0.903. The third-order valence-corrected chi connectivity index (χ3v) is 11.2. The molecule has 222 valence electrons. The van der Waals surface area contributed by atoms with Crippen LogP contribution in [0.2, 0.25) is 6.04 Å². The summed E-state index contributed by atoms with van der Waals surface area (Å²) in [6.45, 7) is 8.93. The number of nitrogens with one attached hydrogen (secondary N) is 1. The van der Waals surface area contributed by atoms with Crippen molar-refractivity contribution in [3.05, 3.63) is 24.3 Å². The molecule has 0 aliphatic carbocycles. The zero-order chi connectivity index (χ0) is 29.2. The molecule has 10 heteroatoms. The third-order valence-electron chi connectivity index (χ3n) is 7.17. The van der Waals surface area contributed by atoms with Crippen molar-refractivity contribution in [3.63, 3.8) is 0 Å². The van der Waals surface area contributed by atoms with Gasteiger partial charge < -0.3 is 23.7 Å². The van der Waals surface area contributed by atoms with Crippen molar-refractivity contribution < 1.29 is 28.0 Å². The zero-order valence-electron chi connectivity index (χ0n) is 24.4. The van der Waals surface area contributed by atoms with Crippen LogP contribution in [-0.4, -0.2) is 64.4 Å². The molecule has 2 N–H and O–H groups in total. The van der Waals surface area contributed by atoms with Crippen molar-refractivity contribution in [2.75, 3.05) is 27.9 Å². The van der Waals surface area contributed by atoms with Gasteiger partial charge >= 0.3 is 14.8 Å². The van der Waals surface area contributed by atoms with Crippen LogP contribution in [0.4, 0.5) is 0 Å². The van der Waals surface area contributed by atoms with Gasteiger partial charge in [0.15, 0.2) is 0 Å². The lowest BCUT2D eigenvalue weighted by molar-refractivity contribution is -0.145. The Bertz CT molecular complexity index is 722. The molecule has 0 aliphatic heterocycles. The van der Waals surface area contributed by atoms with E-state index in [-0.39, 0.29) is 29.0 Å². The van der Waals surface area contributed by atoms with E-state index in [1.807, 2.05) is 19.1 Å². The first-order valence-electron chi connectivity index (χ1n) is 13.6. The van der Waals surface area contributed by atoms with Gasteiger partial charge in [-0.2, -0.15) is 0 Å². The number of hydrogen-bond acceptors (Lipinski definition) is 5. The molecule has 7 nitrogen and oxygen atoms in total. The Morgan fingerprint density at radius 2 is 1.63 bits per heavy atom. The zero-order valence-corrected chi connectivity index (χ0v) is 26.9. The van der Waals surface area contributed by atoms with Gasteiger partial charge in [-0.25, -0.2) is 0 Å². The lowest BCUT2D eigenvalue weighted by Crippen LogP contribution is -2.43. The second-order valence-electron chi connectivity index (χ2n) is 10.5. The van der Waals surface area contributed by atoms with E-state index in [0.29, 0.717) is 37.3 Å². The summed E-state index contributed by atoms with van der Waals surface area (Å²) >= 11 is 13.2. The lowest BCUT2D eigenvalue weighted by Gasteiger charge is -2.24. The van der Waals surface area contributed by atoms with Crippen LogP contribution in [0, 0.1) is 17.3 Å². The molecule has 0 saturated heterocycles. The molecule has 4 atom stereocenters. The molecule has 0 saturated carbocycles. The molecule has 0 bridgehead atoms. The topological polar surface area (TPSA) is 94.1 Å². The van der Waals surface area contributed by atoms with Gasteiger partial charge in [0.2, 0.25) is 5.91 Å². The van der Waals surface area contributed by atoms with Crippen molar-refractivity contribution in [1.82, 2.24) is 5.32 Å². The van der Waals surface area contributed by atoms with Crippen LogP contribution in [0.5, 0.6) is 0 Å². The van der Waals surface area contributed by atoms with Crippen LogP contribution < -0.4 is 5.32 Å². The van der Waals surface area contributed by atoms with E-state index < -0.39 is 20.7 Å². The van der Waals surface area contributed by atoms with Crippen molar-refractivity contribution in [1.29, 1.82) is 0 Å². The van der Waals surface area contributed by atoms with E-state index in [0.717, 1.165) is 25.7 Å². The maximum absolute atomic E-state index is 12.6. The first kappa shape index (κ1) is 37.1. The van der Waals surface area contributed by atoms with Crippen molar-refractivity contribution in [3.8, 4) is 0 Å². The van der Waals surface area contributed by atoms with Gasteiger partial charge in [0.05, 0.1) is 11.3 Å². The molecule has 0 rings (SSSR count). The molecule has 0 aromatic rings. The second-order valence-corrected chi connectivity index (χ2v) is 14.7. The number of amides is 1. The first-order chi connectivity index (χ1) is 17.9.